The Morgan fingerprint density at radius 3 is 2.76 bits per heavy atom. The highest BCUT2D eigenvalue weighted by Gasteiger charge is 2.29. The van der Waals surface area contributed by atoms with E-state index in [0.717, 1.165) is 31.7 Å². The van der Waals surface area contributed by atoms with Gasteiger partial charge in [-0.05, 0) is 63.3 Å². The molecule has 1 saturated heterocycles. The van der Waals surface area contributed by atoms with Gasteiger partial charge < -0.3 is 19.0 Å². The van der Waals surface area contributed by atoms with E-state index in [9.17, 15) is 9.18 Å². The van der Waals surface area contributed by atoms with Crippen LogP contribution in [0.1, 0.15) is 29.0 Å². The highest BCUT2D eigenvalue weighted by Crippen LogP contribution is 2.24. The van der Waals surface area contributed by atoms with Crippen molar-refractivity contribution in [3.63, 3.8) is 0 Å². The lowest BCUT2D eigenvalue weighted by atomic mass is 10.0. The number of amides is 1. The van der Waals surface area contributed by atoms with Gasteiger partial charge in [-0.3, -0.25) is 4.79 Å². The molecule has 0 aliphatic carbocycles. The molecule has 2 aromatic rings. The van der Waals surface area contributed by atoms with Gasteiger partial charge >= 0.3 is 0 Å². The molecule has 0 N–H and O–H groups in total. The van der Waals surface area contributed by atoms with E-state index in [2.05, 4.69) is 11.9 Å². The van der Waals surface area contributed by atoms with E-state index in [1.54, 1.807) is 6.26 Å². The maximum Gasteiger partial charge on any atom is 0.254 e. The number of carbonyl (C=O) groups is 1. The fourth-order valence-corrected chi connectivity index (χ4v) is 3.20. The maximum atomic E-state index is 13.7. The van der Waals surface area contributed by atoms with Gasteiger partial charge in [0.15, 0.2) is 11.6 Å². The van der Waals surface area contributed by atoms with Crippen LogP contribution in [-0.4, -0.2) is 49.0 Å². The van der Waals surface area contributed by atoms with Crippen LogP contribution in [0.15, 0.2) is 41.0 Å². The molecular formula is C19H23FN2O3. The molecule has 1 fully saturated rings. The molecule has 25 heavy (non-hydrogen) atoms. The molecule has 0 saturated carbocycles. The van der Waals surface area contributed by atoms with Crippen molar-refractivity contribution in [1.29, 1.82) is 0 Å². The Balaban J connectivity index is 1.86. The molecule has 134 valence electrons. The number of methoxy groups -OCH3 is 1. The van der Waals surface area contributed by atoms with E-state index in [4.69, 9.17) is 9.15 Å². The van der Waals surface area contributed by atoms with Gasteiger partial charge in [0.25, 0.3) is 5.91 Å². The van der Waals surface area contributed by atoms with E-state index >= 15 is 0 Å². The van der Waals surface area contributed by atoms with Crippen molar-refractivity contribution in [1.82, 2.24) is 9.80 Å². The third-order valence-corrected chi connectivity index (χ3v) is 4.69. The third kappa shape index (κ3) is 4.02. The highest BCUT2D eigenvalue weighted by molar-refractivity contribution is 5.94. The van der Waals surface area contributed by atoms with E-state index in [0.29, 0.717) is 12.1 Å². The summed E-state index contributed by atoms with van der Waals surface area (Å²) in [4.78, 5) is 17.2. The number of halogens is 1. The summed E-state index contributed by atoms with van der Waals surface area (Å²) in [5.74, 6) is 0.203. The van der Waals surface area contributed by atoms with Crippen molar-refractivity contribution in [3.05, 3.63) is 53.7 Å². The molecule has 0 unspecified atom stereocenters. The molecule has 0 atom stereocenters. The Bertz CT molecular complexity index is 709. The number of likely N-dealkylation sites (tertiary alicyclic amines) is 1. The normalized spacial score (nSPS) is 16.0. The van der Waals surface area contributed by atoms with Gasteiger partial charge in [-0.15, -0.1) is 0 Å². The SMILES string of the molecule is COc1cc(C(=O)N(Cc2ccco2)C2CCN(C)CC2)ccc1F. The van der Waals surface area contributed by atoms with Crippen LogP contribution in [0.5, 0.6) is 5.75 Å². The second-order valence-electron chi connectivity index (χ2n) is 6.40. The largest absolute Gasteiger partial charge is 0.494 e. The van der Waals surface area contributed by atoms with Gasteiger partial charge in [0, 0.05) is 11.6 Å². The Labute approximate surface area is 147 Å². The zero-order valence-corrected chi connectivity index (χ0v) is 14.6. The van der Waals surface area contributed by atoms with Crippen molar-refractivity contribution in [2.45, 2.75) is 25.4 Å². The zero-order chi connectivity index (χ0) is 17.8. The lowest BCUT2D eigenvalue weighted by Gasteiger charge is -2.37. The lowest BCUT2D eigenvalue weighted by Crippen LogP contribution is -2.46. The van der Waals surface area contributed by atoms with Gasteiger partial charge in [-0.25, -0.2) is 4.39 Å². The summed E-state index contributed by atoms with van der Waals surface area (Å²) in [5, 5.41) is 0. The minimum Gasteiger partial charge on any atom is -0.494 e. The van der Waals surface area contributed by atoms with Gasteiger partial charge in [0.2, 0.25) is 0 Å². The van der Waals surface area contributed by atoms with E-state index < -0.39 is 5.82 Å². The van der Waals surface area contributed by atoms with E-state index in [1.165, 1.54) is 25.3 Å². The number of piperidine rings is 1. The summed E-state index contributed by atoms with van der Waals surface area (Å²) in [5.41, 5.74) is 0.420. The first-order chi connectivity index (χ1) is 12.1. The van der Waals surface area contributed by atoms with Crippen molar-refractivity contribution in [2.24, 2.45) is 0 Å². The molecule has 3 rings (SSSR count). The van der Waals surface area contributed by atoms with Crippen LogP contribution < -0.4 is 4.74 Å². The highest BCUT2D eigenvalue weighted by atomic mass is 19.1. The van der Waals surface area contributed by atoms with Gasteiger partial charge in [-0.1, -0.05) is 0 Å². The first-order valence-electron chi connectivity index (χ1n) is 8.44. The third-order valence-electron chi connectivity index (χ3n) is 4.69. The summed E-state index contributed by atoms with van der Waals surface area (Å²) < 4.78 is 24.1. The average Bonchev–Trinajstić information content (AvgIpc) is 3.14. The van der Waals surface area contributed by atoms with Crippen LogP contribution in [0, 0.1) is 5.82 Å². The lowest BCUT2D eigenvalue weighted by molar-refractivity contribution is 0.0550. The quantitative estimate of drug-likeness (QED) is 0.834. The molecule has 1 amide bonds. The Hall–Kier alpha value is -2.34. The molecule has 5 nitrogen and oxygen atoms in total. The van der Waals surface area contributed by atoms with Crippen LogP contribution in [0.3, 0.4) is 0 Å². The summed E-state index contributed by atoms with van der Waals surface area (Å²) >= 11 is 0. The number of rotatable bonds is 5. The summed E-state index contributed by atoms with van der Waals surface area (Å²) in [6.45, 7) is 2.29. The first-order valence-corrected chi connectivity index (χ1v) is 8.44. The van der Waals surface area contributed by atoms with Crippen LogP contribution in [0.25, 0.3) is 0 Å². The fraction of sp³-hybridized carbons (Fsp3) is 0.421. The topological polar surface area (TPSA) is 45.9 Å². The molecule has 2 heterocycles. The predicted molar refractivity (Wildman–Crippen MR) is 92.1 cm³/mol. The molecule has 1 aliphatic rings. The molecule has 6 heteroatoms. The number of ether oxygens (including phenoxy) is 1. The first kappa shape index (κ1) is 17.5. The molecule has 1 aromatic carbocycles. The monoisotopic (exact) mass is 346 g/mol. The van der Waals surface area contributed by atoms with E-state index in [-0.39, 0.29) is 17.7 Å². The van der Waals surface area contributed by atoms with Gasteiger partial charge in [0.05, 0.1) is 19.9 Å². The molecule has 0 spiro atoms. The summed E-state index contributed by atoms with van der Waals surface area (Å²) in [6.07, 6.45) is 3.41. The summed E-state index contributed by atoms with van der Waals surface area (Å²) in [6, 6.07) is 8.04. The number of hydrogen-bond acceptors (Lipinski definition) is 4. The van der Waals surface area contributed by atoms with Crippen molar-refractivity contribution in [3.8, 4) is 5.75 Å². The number of nitrogens with zero attached hydrogens (tertiary/aromatic N) is 2. The van der Waals surface area contributed by atoms with Gasteiger partial charge in [0.1, 0.15) is 5.76 Å². The van der Waals surface area contributed by atoms with Crippen LogP contribution >= 0.6 is 0 Å². The van der Waals surface area contributed by atoms with Crippen molar-refractivity contribution >= 4 is 5.91 Å². The number of furan rings is 1. The second kappa shape index (κ2) is 7.70. The van der Waals surface area contributed by atoms with Crippen molar-refractivity contribution in [2.75, 3.05) is 27.2 Å². The fourth-order valence-electron chi connectivity index (χ4n) is 3.20. The molecule has 0 radical (unpaired) electrons. The average molecular weight is 346 g/mol. The Morgan fingerprint density at radius 2 is 2.12 bits per heavy atom. The number of hydrogen-bond donors (Lipinski definition) is 0. The van der Waals surface area contributed by atoms with Crippen LogP contribution in [0.2, 0.25) is 0 Å². The Morgan fingerprint density at radius 1 is 1.36 bits per heavy atom. The van der Waals surface area contributed by atoms with Crippen LogP contribution in [-0.2, 0) is 6.54 Å². The molecule has 0 bridgehead atoms. The van der Waals surface area contributed by atoms with Crippen LogP contribution in [0.4, 0.5) is 4.39 Å². The standard InChI is InChI=1S/C19H23FN2O3/c1-21-9-7-15(8-10-21)22(13-16-4-3-11-25-16)19(23)14-5-6-17(20)18(12-14)24-2/h3-6,11-12,15H,7-10,13H2,1-2H3. The number of carbonyl (C=O) groups excluding carboxylic acids is 1. The molecule has 1 aliphatic heterocycles. The van der Waals surface area contributed by atoms with Crippen molar-refractivity contribution < 1.29 is 18.3 Å². The second-order valence-corrected chi connectivity index (χ2v) is 6.40. The maximum absolute atomic E-state index is 13.7. The van der Waals surface area contributed by atoms with Gasteiger partial charge in [-0.2, -0.15) is 0 Å². The number of benzene rings is 1. The Kier molecular flexibility index (Phi) is 5.38. The summed E-state index contributed by atoms with van der Waals surface area (Å²) in [7, 11) is 3.48. The molecular weight excluding hydrogens is 323 g/mol. The molecule has 1 aromatic heterocycles. The predicted octanol–water partition coefficient (Wildman–Crippen LogP) is 3.16. The smallest absolute Gasteiger partial charge is 0.254 e. The minimum atomic E-state index is -0.476. The zero-order valence-electron chi connectivity index (χ0n) is 14.6. The minimum absolute atomic E-state index is 0.0761. The van der Waals surface area contributed by atoms with E-state index in [1.807, 2.05) is 17.0 Å².